The maximum absolute atomic E-state index is 13.4. The van der Waals surface area contributed by atoms with Crippen LogP contribution in [-0.2, 0) is 0 Å². The summed E-state index contributed by atoms with van der Waals surface area (Å²) < 4.78 is 13.4. The number of carbonyl (C=O) groups is 1. The number of aromatic hydroxyl groups is 1. The Balaban J connectivity index is 1.34. The number of benzene rings is 2. The Morgan fingerprint density at radius 2 is 2.06 bits per heavy atom. The Kier molecular flexibility index (Phi) is 6.37. The molecular weight excluding hydrogens is 441 g/mol. The molecule has 35 heavy (non-hydrogen) atoms. The Morgan fingerprint density at radius 3 is 2.80 bits per heavy atom. The molecule has 0 saturated heterocycles. The standard InChI is InChI=1S/C29H32FN3O2/c1-3-5-23(32-29(35)21-6-4-7-25(34)15-21)14-19-8-9-20-16-27-26(18(2)28(19)20)17-31-33(27)24-12-10-22(30)11-13-24/h4,6-7,10-13,15-19,23,31,34H,3,5,8-9,14H2,1-2H3,(H,32,35)/t18-,19+,23?/m0/s1. The summed E-state index contributed by atoms with van der Waals surface area (Å²) in [6.45, 7) is 4.41. The molecule has 0 bridgehead atoms. The molecule has 1 unspecified atom stereocenters. The van der Waals surface area contributed by atoms with Crippen LogP contribution in [0.2, 0.25) is 0 Å². The van der Waals surface area contributed by atoms with Crippen LogP contribution in [-0.4, -0.2) is 17.1 Å². The maximum Gasteiger partial charge on any atom is 0.251 e. The first kappa shape index (κ1) is 23.2. The monoisotopic (exact) mass is 473 g/mol. The van der Waals surface area contributed by atoms with Crippen molar-refractivity contribution >= 4 is 11.6 Å². The average Bonchev–Trinajstić information content (AvgIpc) is 3.45. The zero-order chi connectivity index (χ0) is 24.5. The number of carbonyl (C=O) groups excluding carboxylic acids is 1. The van der Waals surface area contributed by atoms with Gasteiger partial charge in [-0.1, -0.05) is 31.9 Å². The van der Waals surface area contributed by atoms with Crippen LogP contribution in [0.25, 0.3) is 0 Å². The van der Waals surface area contributed by atoms with Gasteiger partial charge in [0.2, 0.25) is 0 Å². The fourth-order valence-corrected chi connectivity index (χ4v) is 5.82. The van der Waals surface area contributed by atoms with Crippen molar-refractivity contribution in [2.75, 3.05) is 5.01 Å². The molecule has 3 aliphatic rings. The lowest BCUT2D eigenvalue weighted by molar-refractivity contribution is 0.0929. The van der Waals surface area contributed by atoms with Gasteiger partial charge in [0, 0.05) is 29.3 Å². The molecule has 5 nitrogen and oxygen atoms in total. The van der Waals surface area contributed by atoms with E-state index in [0.717, 1.165) is 43.5 Å². The SMILES string of the molecule is CCCC(C[C@H]1CCC2=C1[C@@H](C)C1=CNN(c3ccc(F)cc3)C1=C2)NC(=O)c1cccc(O)c1. The molecule has 3 atom stereocenters. The quantitative estimate of drug-likeness (QED) is 0.464. The van der Waals surface area contributed by atoms with Crippen molar-refractivity contribution in [2.45, 2.75) is 52.0 Å². The number of rotatable bonds is 7. The first-order valence-electron chi connectivity index (χ1n) is 12.5. The van der Waals surface area contributed by atoms with Gasteiger partial charge in [0.15, 0.2) is 0 Å². The molecule has 2 aliphatic carbocycles. The zero-order valence-corrected chi connectivity index (χ0v) is 20.2. The number of phenolic OH excluding ortho intramolecular Hbond substituents is 1. The van der Waals surface area contributed by atoms with Gasteiger partial charge in [-0.25, -0.2) is 4.39 Å². The molecule has 2 aromatic carbocycles. The number of nitrogens with one attached hydrogen (secondary N) is 2. The zero-order valence-electron chi connectivity index (χ0n) is 20.2. The third kappa shape index (κ3) is 4.57. The summed E-state index contributed by atoms with van der Waals surface area (Å²) in [6.07, 6.45) is 9.27. The number of amides is 1. The van der Waals surface area contributed by atoms with Crippen molar-refractivity contribution < 1.29 is 14.3 Å². The van der Waals surface area contributed by atoms with E-state index in [1.165, 1.54) is 34.9 Å². The number of phenols is 1. The summed E-state index contributed by atoms with van der Waals surface area (Å²) >= 11 is 0. The highest BCUT2D eigenvalue weighted by Gasteiger charge is 2.38. The molecule has 0 fully saturated rings. The molecule has 0 aromatic heterocycles. The predicted molar refractivity (Wildman–Crippen MR) is 136 cm³/mol. The number of hydrazine groups is 1. The van der Waals surface area contributed by atoms with Gasteiger partial charge >= 0.3 is 0 Å². The van der Waals surface area contributed by atoms with Crippen molar-refractivity contribution in [3.63, 3.8) is 0 Å². The lowest BCUT2D eigenvalue weighted by Gasteiger charge is -2.31. The third-order valence-electron chi connectivity index (χ3n) is 7.44. The van der Waals surface area contributed by atoms with Gasteiger partial charge < -0.3 is 15.8 Å². The third-order valence-corrected chi connectivity index (χ3v) is 7.44. The second kappa shape index (κ2) is 9.61. The fraction of sp³-hybridized carbons (Fsp3) is 0.345. The summed E-state index contributed by atoms with van der Waals surface area (Å²) in [6, 6.07) is 13.1. The van der Waals surface area contributed by atoms with E-state index in [2.05, 4.69) is 36.9 Å². The lowest BCUT2D eigenvalue weighted by Crippen LogP contribution is -2.36. The largest absolute Gasteiger partial charge is 0.508 e. The summed E-state index contributed by atoms with van der Waals surface area (Å²) in [5.41, 5.74) is 10.00. The summed E-state index contributed by atoms with van der Waals surface area (Å²) in [4.78, 5) is 12.9. The van der Waals surface area contributed by atoms with Gasteiger partial charge in [-0.15, -0.1) is 0 Å². The van der Waals surface area contributed by atoms with Crippen molar-refractivity contribution in [3.05, 3.63) is 94.6 Å². The van der Waals surface area contributed by atoms with E-state index in [9.17, 15) is 14.3 Å². The minimum absolute atomic E-state index is 0.0793. The van der Waals surface area contributed by atoms with Crippen LogP contribution < -0.4 is 15.8 Å². The van der Waals surface area contributed by atoms with Crippen LogP contribution in [0.15, 0.2) is 83.2 Å². The molecule has 0 spiro atoms. The van der Waals surface area contributed by atoms with Crippen molar-refractivity contribution in [1.29, 1.82) is 0 Å². The molecule has 6 heteroatoms. The van der Waals surface area contributed by atoms with Gasteiger partial charge in [-0.2, -0.15) is 0 Å². The van der Waals surface area contributed by atoms with Crippen LogP contribution in [0.4, 0.5) is 10.1 Å². The highest BCUT2D eigenvalue weighted by Crippen LogP contribution is 2.49. The Hall–Kier alpha value is -3.54. The van der Waals surface area contributed by atoms with Crippen LogP contribution in [0.1, 0.15) is 56.3 Å². The van der Waals surface area contributed by atoms with E-state index >= 15 is 0 Å². The van der Waals surface area contributed by atoms with Crippen LogP contribution in [0, 0.1) is 17.7 Å². The minimum Gasteiger partial charge on any atom is -0.508 e. The molecule has 1 heterocycles. The fourth-order valence-electron chi connectivity index (χ4n) is 5.82. The summed E-state index contributed by atoms with van der Waals surface area (Å²) in [7, 11) is 0. The Labute approximate surface area is 206 Å². The van der Waals surface area contributed by atoms with Crippen LogP contribution in [0.5, 0.6) is 5.75 Å². The highest BCUT2D eigenvalue weighted by molar-refractivity contribution is 5.94. The molecular formula is C29H32FN3O2. The van der Waals surface area contributed by atoms with Gasteiger partial charge in [0.25, 0.3) is 5.91 Å². The average molecular weight is 474 g/mol. The minimum atomic E-state index is -0.242. The number of hydrogen-bond acceptors (Lipinski definition) is 4. The number of fused-ring (bicyclic) bond motifs is 1. The Morgan fingerprint density at radius 1 is 1.26 bits per heavy atom. The van der Waals surface area contributed by atoms with E-state index in [1.54, 1.807) is 30.3 Å². The van der Waals surface area contributed by atoms with E-state index in [1.807, 2.05) is 5.01 Å². The highest BCUT2D eigenvalue weighted by atomic mass is 19.1. The van der Waals surface area contributed by atoms with E-state index < -0.39 is 0 Å². The predicted octanol–water partition coefficient (Wildman–Crippen LogP) is 5.97. The lowest BCUT2D eigenvalue weighted by atomic mass is 9.78. The molecule has 1 aliphatic heterocycles. The van der Waals surface area contributed by atoms with Crippen molar-refractivity contribution in [3.8, 4) is 5.75 Å². The van der Waals surface area contributed by atoms with Crippen LogP contribution in [0.3, 0.4) is 0 Å². The van der Waals surface area contributed by atoms with E-state index in [-0.39, 0.29) is 29.4 Å². The topological polar surface area (TPSA) is 64.6 Å². The van der Waals surface area contributed by atoms with Gasteiger partial charge in [-0.3, -0.25) is 9.80 Å². The summed E-state index contributed by atoms with van der Waals surface area (Å²) in [5.74, 6) is 0.415. The normalized spacial score (nSPS) is 21.6. The van der Waals surface area contributed by atoms with Crippen molar-refractivity contribution in [2.24, 2.45) is 11.8 Å². The van der Waals surface area contributed by atoms with Gasteiger partial charge in [-0.05, 0) is 85.7 Å². The number of hydrogen-bond donors (Lipinski definition) is 3. The molecule has 2 aromatic rings. The van der Waals surface area contributed by atoms with Crippen molar-refractivity contribution in [1.82, 2.24) is 10.7 Å². The number of halogens is 1. The molecule has 0 saturated carbocycles. The van der Waals surface area contributed by atoms with Gasteiger partial charge in [0.1, 0.15) is 11.6 Å². The first-order valence-corrected chi connectivity index (χ1v) is 12.5. The molecule has 5 rings (SSSR count). The van der Waals surface area contributed by atoms with Crippen LogP contribution >= 0.6 is 0 Å². The second-order valence-electron chi connectivity index (χ2n) is 9.75. The molecule has 182 valence electrons. The van der Waals surface area contributed by atoms with Gasteiger partial charge in [0.05, 0.1) is 11.4 Å². The maximum atomic E-state index is 13.4. The Bertz CT molecular complexity index is 1210. The summed E-state index contributed by atoms with van der Waals surface area (Å²) in [5, 5.41) is 15.0. The number of allylic oxidation sites excluding steroid dienone is 4. The van der Waals surface area contributed by atoms with E-state index in [0.29, 0.717) is 11.5 Å². The molecule has 0 radical (unpaired) electrons. The molecule has 1 amide bonds. The smallest absolute Gasteiger partial charge is 0.251 e. The number of anilines is 1. The first-order chi connectivity index (χ1) is 16.9. The number of nitrogens with zero attached hydrogens (tertiary/aromatic N) is 1. The molecule has 3 N–H and O–H groups in total. The second-order valence-corrected chi connectivity index (χ2v) is 9.75. The van der Waals surface area contributed by atoms with E-state index in [4.69, 9.17) is 0 Å².